The van der Waals surface area contributed by atoms with Crippen LogP contribution in [0.2, 0.25) is 5.28 Å². The molecule has 1 aromatic rings. The molecule has 1 atom stereocenters. The summed E-state index contributed by atoms with van der Waals surface area (Å²) < 4.78 is 7.36. The molecule has 0 radical (unpaired) electrons. The second-order valence-corrected chi connectivity index (χ2v) is 4.54. The minimum Gasteiger partial charge on any atom is -0.381 e. The van der Waals surface area contributed by atoms with Crippen LogP contribution in [0.4, 0.5) is 0 Å². The van der Waals surface area contributed by atoms with E-state index in [2.05, 4.69) is 10.2 Å². The highest BCUT2D eigenvalue weighted by molar-refractivity contribution is 6.28. The number of ether oxygens (including phenoxy) is 1. The van der Waals surface area contributed by atoms with Crippen LogP contribution in [0.5, 0.6) is 0 Å². The molecule has 0 amide bonds. The summed E-state index contributed by atoms with van der Waals surface area (Å²) in [7, 11) is 0. The summed E-state index contributed by atoms with van der Waals surface area (Å²) in [6.07, 6.45) is 5.23. The van der Waals surface area contributed by atoms with Crippen molar-refractivity contribution in [2.24, 2.45) is 5.41 Å². The lowest BCUT2D eigenvalue weighted by Gasteiger charge is -2.22. The van der Waals surface area contributed by atoms with Crippen molar-refractivity contribution >= 4 is 11.6 Å². The Morgan fingerprint density at radius 3 is 2.93 bits per heavy atom. The first-order valence-corrected chi connectivity index (χ1v) is 5.32. The fourth-order valence-corrected chi connectivity index (χ4v) is 2.68. The van der Waals surface area contributed by atoms with Gasteiger partial charge in [0.1, 0.15) is 6.33 Å². The third-order valence-corrected chi connectivity index (χ3v) is 3.77. The van der Waals surface area contributed by atoms with Gasteiger partial charge in [0.05, 0.1) is 0 Å². The molecule has 4 nitrogen and oxygen atoms in total. The van der Waals surface area contributed by atoms with Gasteiger partial charge in [-0.05, 0) is 36.3 Å². The highest BCUT2D eigenvalue weighted by Crippen LogP contribution is 2.62. The predicted octanol–water partition coefficient (Wildman–Crippen LogP) is 1.67. The molecule has 1 aliphatic carbocycles. The lowest BCUT2D eigenvalue weighted by molar-refractivity contribution is 0.0526. The lowest BCUT2D eigenvalue weighted by atomic mass is 9.96. The van der Waals surface area contributed by atoms with Crippen molar-refractivity contribution in [2.45, 2.75) is 25.3 Å². The van der Waals surface area contributed by atoms with Crippen LogP contribution in [0.25, 0.3) is 0 Å². The van der Waals surface area contributed by atoms with Gasteiger partial charge in [-0.2, -0.15) is 0 Å². The van der Waals surface area contributed by atoms with E-state index in [4.69, 9.17) is 16.3 Å². The van der Waals surface area contributed by atoms with Crippen LogP contribution in [-0.2, 0) is 4.74 Å². The van der Waals surface area contributed by atoms with E-state index in [9.17, 15) is 0 Å². The Balaban J connectivity index is 1.81. The third kappa shape index (κ3) is 1.17. The quantitative estimate of drug-likeness (QED) is 0.713. The first-order chi connectivity index (χ1) is 6.82. The average Bonchev–Trinajstić information content (AvgIpc) is 2.70. The fraction of sp³-hybridized carbons (Fsp3) is 0.778. The SMILES string of the molecule is Clc1nncn1C1CC12CCOCC2. The van der Waals surface area contributed by atoms with Crippen LogP contribution >= 0.6 is 11.6 Å². The Bertz CT molecular complexity index is 346. The van der Waals surface area contributed by atoms with E-state index in [-0.39, 0.29) is 0 Å². The van der Waals surface area contributed by atoms with Gasteiger partial charge in [-0.25, -0.2) is 0 Å². The Kier molecular flexibility index (Phi) is 1.82. The summed E-state index contributed by atoms with van der Waals surface area (Å²) in [4.78, 5) is 0. The second-order valence-electron chi connectivity index (χ2n) is 4.20. The normalized spacial score (nSPS) is 29.4. The van der Waals surface area contributed by atoms with Gasteiger partial charge in [-0.3, -0.25) is 0 Å². The summed E-state index contributed by atoms with van der Waals surface area (Å²) in [6.45, 7) is 1.77. The van der Waals surface area contributed by atoms with Crippen LogP contribution in [0.3, 0.4) is 0 Å². The van der Waals surface area contributed by atoms with Crippen molar-refractivity contribution in [3.8, 4) is 0 Å². The first kappa shape index (κ1) is 8.68. The standard InChI is InChI=1S/C9H12ClN3O/c10-8-12-11-6-13(8)7-5-9(7)1-3-14-4-2-9/h6-7H,1-5H2. The molecule has 1 aromatic heterocycles. The molecule has 1 aliphatic heterocycles. The topological polar surface area (TPSA) is 39.9 Å². The maximum absolute atomic E-state index is 5.94. The van der Waals surface area contributed by atoms with Gasteiger partial charge >= 0.3 is 0 Å². The predicted molar refractivity (Wildman–Crippen MR) is 51.2 cm³/mol. The van der Waals surface area contributed by atoms with Crippen molar-refractivity contribution in [3.63, 3.8) is 0 Å². The van der Waals surface area contributed by atoms with Crippen LogP contribution in [-0.4, -0.2) is 28.0 Å². The maximum Gasteiger partial charge on any atom is 0.225 e. The molecule has 2 heterocycles. The van der Waals surface area contributed by atoms with E-state index < -0.39 is 0 Å². The van der Waals surface area contributed by atoms with E-state index in [1.165, 1.54) is 6.42 Å². The highest BCUT2D eigenvalue weighted by Gasteiger charge is 2.55. The molecule has 2 aliphatic rings. The largest absolute Gasteiger partial charge is 0.381 e. The van der Waals surface area contributed by atoms with Crippen LogP contribution < -0.4 is 0 Å². The number of hydrogen-bond donors (Lipinski definition) is 0. The van der Waals surface area contributed by atoms with Crippen molar-refractivity contribution < 1.29 is 4.74 Å². The van der Waals surface area contributed by atoms with Crippen LogP contribution in [0.15, 0.2) is 6.33 Å². The molecule has 2 fully saturated rings. The molecule has 14 heavy (non-hydrogen) atoms. The monoisotopic (exact) mass is 213 g/mol. The Labute approximate surface area is 87.2 Å². The van der Waals surface area contributed by atoms with E-state index in [0.29, 0.717) is 16.7 Å². The van der Waals surface area contributed by atoms with Crippen molar-refractivity contribution in [1.82, 2.24) is 14.8 Å². The number of aromatic nitrogens is 3. The zero-order valence-corrected chi connectivity index (χ0v) is 8.57. The lowest BCUT2D eigenvalue weighted by Crippen LogP contribution is -2.19. The average molecular weight is 214 g/mol. The summed E-state index contributed by atoms with van der Waals surface area (Å²) in [5, 5.41) is 8.13. The minimum absolute atomic E-state index is 0.435. The molecule has 0 N–H and O–H groups in total. The smallest absolute Gasteiger partial charge is 0.225 e. The summed E-state index contributed by atoms with van der Waals surface area (Å²) in [6, 6.07) is 0.508. The van der Waals surface area contributed by atoms with E-state index in [1.807, 2.05) is 4.57 Å². The van der Waals surface area contributed by atoms with E-state index in [0.717, 1.165) is 26.1 Å². The van der Waals surface area contributed by atoms with Crippen LogP contribution in [0.1, 0.15) is 25.3 Å². The van der Waals surface area contributed by atoms with Gasteiger partial charge in [0, 0.05) is 19.3 Å². The van der Waals surface area contributed by atoms with Crippen LogP contribution in [0, 0.1) is 5.41 Å². The number of nitrogens with zero attached hydrogens (tertiary/aromatic N) is 3. The minimum atomic E-state index is 0.435. The maximum atomic E-state index is 5.94. The van der Waals surface area contributed by atoms with Gasteiger partial charge < -0.3 is 9.30 Å². The zero-order valence-electron chi connectivity index (χ0n) is 7.82. The molecule has 0 bridgehead atoms. The Morgan fingerprint density at radius 2 is 2.29 bits per heavy atom. The van der Waals surface area contributed by atoms with Gasteiger partial charge in [-0.1, -0.05) is 0 Å². The second kappa shape index (κ2) is 2.94. The first-order valence-electron chi connectivity index (χ1n) is 4.95. The molecule has 1 unspecified atom stereocenters. The number of halogens is 1. The molecule has 76 valence electrons. The Hall–Kier alpha value is -0.610. The molecule has 0 aromatic carbocycles. The molecular formula is C9H12ClN3O. The fourth-order valence-electron chi connectivity index (χ4n) is 2.47. The molecular weight excluding hydrogens is 202 g/mol. The molecule has 1 saturated heterocycles. The summed E-state index contributed by atoms with van der Waals surface area (Å²) in [5.41, 5.74) is 0.435. The van der Waals surface area contributed by atoms with Crippen molar-refractivity contribution in [1.29, 1.82) is 0 Å². The van der Waals surface area contributed by atoms with Crippen molar-refractivity contribution in [3.05, 3.63) is 11.6 Å². The zero-order chi connectivity index (χ0) is 9.60. The van der Waals surface area contributed by atoms with Crippen molar-refractivity contribution in [2.75, 3.05) is 13.2 Å². The van der Waals surface area contributed by atoms with Gasteiger partial charge in [0.2, 0.25) is 5.28 Å². The molecule has 1 saturated carbocycles. The van der Waals surface area contributed by atoms with E-state index in [1.54, 1.807) is 6.33 Å². The summed E-state index contributed by atoms with van der Waals surface area (Å²) in [5.74, 6) is 0. The summed E-state index contributed by atoms with van der Waals surface area (Å²) >= 11 is 5.94. The molecule has 3 rings (SSSR count). The van der Waals surface area contributed by atoms with Gasteiger partial charge in [0.25, 0.3) is 0 Å². The number of rotatable bonds is 1. The van der Waals surface area contributed by atoms with Gasteiger partial charge in [-0.15, -0.1) is 10.2 Å². The molecule has 1 spiro atoms. The van der Waals surface area contributed by atoms with E-state index >= 15 is 0 Å². The third-order valence-electron chi connectivity index (χ3n) is 3.50. The highest BCUT2D eigenvalue weighted by atomic mass is 35.5. The Morgan fingerprint density at radius 1 is 1.50 bits per heavy atom. The van der Waals surface area contributed by atoms with Gasteiger partial charge in [0.15, 0.2) is 0 Å². The number of hydrogen-bond acceptors (Lipinski definition) is 3. The molecule has 5 heteroatoms.